The summed E-state index contributed by atoms with van der Waals surface area (Å²) >= 11 is 0. The average molecular weight is 219 g/mol. The third-order valence-corrected chi connectivity index (χ3v) is 1.99. The quantitative estimate of drug-likeness (QED) is 0.468. The van der Waals surface area contributed by atoms with Crippen molar-refractivity contribution in [2.45, 2.75) is 6.92 Å². The molecule has 6 nitrogen and oxygen atoms in total. The van der Waals surface area contributed by atoms with Gasteiger partial charge in [-0.1, -0.05) is 0 Å². The molecule has 0 aliphatic rings. The van der Waals surface area contributed by atoms with E-state index >= 15 is 0 Å². The summed E-state index contributed by atoms with van der Waals surface area (Å²) in [5, 5.41) is 21.1. The molecule has 0 saturated heterocycles. The SMILES string of the molecule is Cc1cc([N+](=O)[O-])ccc1C(=O)NCC#N. The van der Waals surface area contributed by atoms with Crippen molar-refractivity contribution >= 4 is 11.6 Å². The highest BCUT2D eigenvalue weighted by molar-refractivity contribution is 5.96. The maximum Gasteiger partial charge on any atom is 0.269 e. The van der Waals surface area contributed by atoms with Crippen LogP contribution in [-0.2, 0) is 0 Å². The second-order valence-corrected chi connectivity index (χ2v) is 3.10. The summed E-state index contributed by atoms with van der Waals surface area (Å²) in [5.74, 6) is -0.408. The summed E-state index contributed by atoms with van der Waals surface area (Å²) in [4.78, 5) is 21.4. The molecule has 0 heterocycles. The van der Waals surface area contributed by atoms with Crippen LogP contribution in [0.4, 0.5) is 5.69 Å². The van der Waals surface area contributed by atoms with Crippen molar-refractivity contribution in [2.75, 3.05) is 6.54 Å². The summed E-state index contributed by atoms with van der Waals surface area (Å²) < 4.78 is 0. The van der Waals surface area contributed by atoms with Gasteiger partial charge >= 0.3 is 0 Å². The molecular weight excluding hydrogens is 210 g/mol. The first kappa shape index (κ1) is 11.7. The second kappa shape index (κ2) is 4.89. The summed E-state index contributed by atoms with van der Waals surface area (Å²) in [6.45, 7) is 1.52. The van der Waals surface area contributed by atoms with E-state index in [-0.39, 0.29) is 12.2 Å². The van der Waals surface area contributed by atoms with Crippen molar-refractivity contribution in [2.24, 2.45) is 0 Å². The molecule has 1 rings (SSSR count). The van der Waals surface area contributed by atoms with Gasteiger partial charge in [0.15, 0.2) is 0 Å². The molecule has 6 heteroatoms. The van der Waals surface area contributed by atoms with Gasteiger partial charge in [0.05, 0.1) is 11.0 Å². The number of hydrogen-bond donors (Lipinski definition) is 1. The lowest BCUT2D eigenvalue weighted by Crippen LogP contribution is -2.24. The Bertz CT molecular complexity index is 477. The van der Waals surface area contributed by atoms with E-state index in [2.05, 4.69) is 5.32 Å². The second-order valence-electron chi connectivity index (χ2n) is 3.10. The number of rotatable bonds is 3. The molecule has 0 aliphatic heterocycles. The van der Waals surface area contributed by atoms with E-state index in [9.17, 15) is 14.9 Å². The minimum Gasteiger partial charge on any atom is -0.339 e. The standard InChI is InChI=1S/C10H9N3O3/c1-7-6-8(13(15)16)2-3-9(7)10(14)12-5-4-11/h2-3,6H,5H2,1H3,(H,12,14). The molecule has 1 aromatic rings. The Morgan fingerprint density at radius 3 is 2.81 bits per heavy atom. The number of benzene rings is 1. The van der Waals surface area contributed by atoms with Crippen LogP contribution in [0, 0.1) is 28.4 Å². The molecule has 0 bridgehead atoms. The first-order valence-electron chi connectivity index (χ1n) is 4.46. The lowest BCUT2D eigenvalue weighted by atomic mass is 10.1. The number of nitro groups is 1. The third kappa shape index (κ3) is 2.54. The highest BCUT2D eigenvalue weighted by Gasteiger charge is 2.12. The van der Waals surface area contributed by atoms with Crippen molar-refractivity contribution in [1.29, 1.82) is 5.26 Å². The van der Waals surface area contributed by atoms with Crippen molar-refractivity contribution < 1.29 is 9.72 Å². The number of carbonyl (C=O) groups is 1. The van der Waals surface area contributed by atoms with Crippen LogP contribution >= 0.6 is 0 Å². The maximum atomic E-state index is 11.5. The molecule has 0 aliphatic carbocycles. The van der Waals surface area contributed by atoms with E-state index in [1.807, 2.05) is 0 Å². The van der Waals surface area contributed by atoms with E-state index in [0.717, 1.165) is 0 Å². The third-order valence-electron chi connectivity index (χ3n) is 1.99. The molecule has 0 atom stereocenters. The number of nitriles is 1. The molecule has 0 radical (unpaired) electrons. The van der Waals surface area contributed by atoms with E-state index in [0.29, 0.717) is 11.1 Å². The minimum absolute atomic E-state index is 0.0608. The Morgan fingerprint density at radius 2 is 2.31 bits per heavy atom. The highest BCUT2D eigenvalue weighted by atomic mass is 16.6. The van der Waals surface area contributed by atoms with E-state index in [4.69, 9.17) is 5.26 Å². The maximum absolute atomic E-state index is 11.5. The summed E-state index contributed by atoms with van der Waals surface area (Å²) in [6.07, 6.45) is 0. The largest absolute Gasteiger partial charge is 0.339 e. The molecule has 0 saturated carbocycles. The van der Waals surface area contributed by atoms with Crippen molar-refractivity contribution in [3.8, 4) is 6.07 Å². The van der Waals surface area contributed by atoms with Gasteiger partial charge in [-0.3, -0.25) is 14.9 Å². The summed E-state index contributed by atoms with van der Waals surface area (Å²) in [5.41, 5.74) is 0.778. The smallest absolute Gasteiger partial charge is 0.269 e. The number of non-ortho nitro benzene ring substituents is 1. The fraction of sp³-hybridized carbons (Fsp3) is 0.200. The van der Waals surface area contributed by atoms with Gasteiger partial charge in [0.2, 0.25) is 0 Å². The number of aryl methyl sites for hydroxylation is 1. The van der Waals surface area contributed by atoms with Crippen LogP contribution in [0.1, 0.15) is 15.9 Å². The molecule has 16 heavy (non-hydrogen) atoms. The zero-order valence-electron chi connectivity index (χ0n) is 8.56. The average Bonchev–Trinajstić information content (AvgIpc) is 2.25. The summed E-state index contributed by atoms with van der Waals surface area (Å²) in [7, 11) is 0. The Balaban J connectivity index is 2.95. The summed E-state index contributed by atoms with van der Waals surface area (Å²) in [6, 6.07) is 5.73. The van der Waals surface area contributed by atoms with Crippen molar-refractivity contribution in [3.63, 3.8) is 0 Å². The predicted molar refractivity (Wildman–Crippen MR) is 55.8 cm³/mol. The van der Waals surface area contributed by atoms with E-state index < -0.39 is 10.8 Å². The van der Waals surface area contributed by atoms with Gasteiger partial charge < -0.3 is 5.32 Å². The van der Waals surface area contributed by atoms with Crippen LogP contribution in [0.25, 0.3) is 0 Å². The van der Waals surface area contributed by atoms with Crippen LogP contribution < -0.4 is 5.32 Å². The number of hydrogen-bond acceptors (Lipinski definition) is 4. The Hall–Kier alpha value is -2.42. The number of nitrogens with one attached hydrogen (secondary N) is 1. The normalized spacial score (nSPS) is 9.25. The predicted octanol–water partition coefficient (Wildman–Crippen LogP) is 1.16. The number of nitrogens with zero attached hydrogens (tertiary/aromatic N) is 2. The van der Waals surface area contributed by atoms with Gasteiger partial charge in [-0.25, -0.2) is 0 Å². The van der Waals surface area contributed by atoms with Crippen LogP contribution in [-0.4, -0.2) is 17.4 Å². The fourth-order valence-electron chi connectivity index (χ4n) is 1.23. The Labute approximate surface area is 91.6 Å². The topological polar surface area (TPSA) is 96.0 Å². The fourth-order valence-corrected chi connectivity index (χ4v) is 1.23. The van der Waals surface area contributed by atoms with Crippen molar-refractivity contribution in [1.82, 2.24) is 5.32 Å². The number of nitro benzene ring substituents is 1. The van der Waals surface area contributed by atoms with Gasteiger partial charge in [0, 0.05) is 17.7 Å². The monoisotopic (exact) mass is 219 g/mol. The molecule has 1 aromatic carbocycles. The Morgan fingerprint density at radius 1 is 1.62 bits per heavy atom. The van der Waals surface area contributed by atoms with Crippen LogP contribution in [0.2, 0.25) is 0 Å². The highest BCUT2D eigenvalue weighted by Crippen LogP contribution is 2.16. The van der Waals surface area contributed by atoms with Crippen LogP contribution in [0.15, 0.2) is 18.2 Å². The first-order chi connectivity index (χ1) is 7.56. The number of amides is 1. The zero-order valence-corrected chi connectivity index (χ0v) is 8.56. The zero-order chi connectivity index (χ0) is 12.1. The molecule has 1 amide bonds. The van der Waals surface area contributed by atoms with Crippen molar-refractivity contribution in [3.05, 3.63) is 39.4 Å². The van der Waals surface area contributed by atoms with Crippen LogP contribution in [0.3, 0.4) is 0 Å². The van der Waals surface area contributed by atoms with Gasteiger partial charge in [0.25, 0.3) is 11.6 Å². The number of carbonyl (C=O) groups excluding carboxylic acids is 1. The molecule has 1 N–H and O–H groups in total. The first-order valence-corrected chi connectivity index (χ1v) is 4.46. The molecule has 0 fully saturated rings. The minimum atomic E-state index is -0.524. The van der Waals surface area contributed by atoms with Gasteiger partial charge in [-0.15, -0.1) is 0 Å². The molecular formula is C10H9N3O3. The van der Waals surface area contributed by atoms with E-state index in [1.54, 1.807) is 13.0 Å². The molecule has 0 unspecified atom stereocenters. The van der Waals surface area contributed by atoms with Gasteiger partial charge in [0.1, 0.15) is 6.54 Å². The molecule has 0 aromatic heterocycles. The lowest BCUT2D eigenvalue weighted by Gasteiger charge is -2.04. The van der Waals surface area contributed by atoms with Gasteiger partial charge in [-0.05, 0) is 18.6 Å². The van der Waals surface area contributed by atoms with E-state index in [1.165, 1.54) is 18.2 Å². The van der Waals surface area contributed by atoms with Crippen LogP contribution in [0.5, 0.6) is 0 Å². The molecule has 82 valence electrons. The lowest BCUT2D eigenvalue weighted by molar-refractivity contribution is -0.384. The Kier molecular flexibility index (Phi) is 3.56. The molecule has 0 spiro atoms. The van der Waals surface area contributed by atoms with Gasteiger partial charge in [-0.2, -0.15) is 5.26 Å².